The quantitative estimate of drug-likeness (QED) is 0.473. The van der Waals surface area contributed by atoms with E-state index < -0.39 is 0 Å². The summed E-state index contributed by atoms with van der Waals surface area (Å²) in [5.41, 5.74) is 0. The van der Waals surface area contributed by atoms with Crippen molar-refractivity contribution in [3.05, 3.63) is 18.7 Å². The first-order chi connectivity index (χ1) is 13.2. The van der Waals surface area contributed by atoms with E-state index in [4.69, 9.17) is 0 Å². The van der Waals surface area contributed by atoms with Gasteiger partial charge in [-0.2, -0.15) is 0 Å². The van der Waals surface area contributed by atoms with E-state index in [1.807, 2.05) is 19.6 Å². The van der Waals surface area contributed by atoms with E-state index >= 15 is 0 Å². The molecule has 3 rings (SSSR count). The minimum Gasteiger partial charge on any atom is -0.356 e. The molecule has 2 aliphatic heterocycles. The van der Waals surface area contributed by atoms with Crippen LogP contribution in [0.1, 0.15) is 52.0 Å². The summed E-state index contributed by atoms with van der Waals surface area (Å²) in [4.78, 5) is 13.8. The number of hydrogen-bond acceptors (Lipinski definition) is 3. The summed E-state index contributed by atoms with van der Waals surface area (Å²) in [6.07, 6.45) is 12.4. The number of hydrogen-bond donors (Lipinski definition) is 1. The number of guanidine groups is 1. The van der Waals surface area contributed by atoms with E-state index in [0.29, 0.717) is 12.0 Å². The van der Waals surface area contributed by atoms with E-state index in [1.54, 1.807) is 0 Å². The fraction of sp³-hybridized carbons (Fsp3) is 0.810. The van der Waals surface area contributed by atoms with Gasteiger partial charge in [0.25, 0.3) is 0 Å². The first kappa shape index (κ1) is 20.2. The average molecular weight is 375 g/mol. The lowest BCUT2D eigenvalue weighted by Crippen LogP contribution is -2.49. The highest BCUT2D eigenvalue weighted by Crippen LogP contribution is 2.27. The molecular weight excluding hydrogens is 336 g/mol. The number of aromatic nitrogens is 2. The van der Waals surface area contributed by atoms with Crippen molar-refractivity contribution in [2.24, 2.45) is 16.8 Å². The van der Waals surface area contributed by atoms with Gasteiger partial charge in [-0.15, -0.1) is 0 Å². The van der Waals surface area contributed by atoms with Gasteiger partial charge in [0.15, 0.2) is 5.96 Å². The summed E-state index contributed by atoms with van der Waals surface area (Å²) < 4.78 is 2.25. The van der Waals surface area contributed by atoms with Gasteiger partial charge in [-0.05, 0) is 57.0 Å². The van der Waals surface area contributed by atoms with Gasteiger partial charge in [-0.25, -0.2) is 4.98 Å². The molecule has 1 aromatic heterocycles. The van der Waals surface area contributed by atoms with Gasteiger partial charge >= 0.3 is 0 Å². The van der Waals surface area contributed by atoms with Crippen LogP contribution in [-0.2, 0) is 0 Å². The number of aliphatic imine (C=N–C) groups is 1. The molecule has 0 bridgehead atoms. The van der Waals surface area contributed by atoms with Crippen LogP contribution in [0.15, 0.2) is 23.7 Å². The molecule has 2 fully saturated rings. The van der Waals surface area contributed by atoms with Crippen LogP contribution < -0.4 is 5.32 Å². The van der Waals surface area contributed by atoms with Crippen LogP contribution in [0.2, 0.25) is 0 Å². The van der Waals surface area contributed by atoms with Crippen LogP contribution in [0, 0.1) is 11.8 Å². The molecule has 0 saturated carbocycles. The third-order valence-electron chi connectivity index (χ3n) is 6.26. The number of piperidine rings is 2. The minimum absolute atomic E-state index is 0.473. The van der Waals surface area contributed by atoms with Crippen LogP contribution in [0.4, 0.5) is 0 Å². The second-order valence-corrected chi connectivity index (χ2v) is 8.52. The van der Waals surface area contributed by atoms with Crippen molar-refractivity contribution in [3.8, 4) is 0 Å². The first-order valence-corrected chi connectivity index (χ1v) is 10.8. The van der Waals surface area contributed by atoms with Gasteiger partial charge < -0.3 is 19.7 Å². The Morgan fingerprint density at radius 3 is 2.81 bits per heavy atom. The van der Waals surface area contributed by atoms with Crippen molar-refractivity contribution in [3.63, 3.8) is 0 Å². The molecule has 1 N–H and O–H groups in total. The second kappa shape index (κ2) is 10.1. The Labute approximate surface area is 165 Å². The number of nitrogens with one attached hydrogen (secondary N) is 1. The maximum absolute atomic E-state index is 4.55. The lowest BCUT2D eigenvalue weighted by Gasteiger charge is -2.39. The zero-order valence-electron chi connectivity index (χ0n) is 17.5. The largest absolute Gasteiger partial charge is 0.356 e. The van der Waals surface area contributed by atoms with Crippen molar-refractivity contribution < 1.29 is 0 Å². The third-order valence-corrected chi connectivity index (χ3v) is 6.26. The molecule has 0 amide bonds. The molecule has 6 heteroatoms. The second-order valence-electron chi connectivity index (χ2n) is 8.52. The molecule has 2 saturated heterocycles. The number of unbranched alkanes of at least 4 members (excludes halogenated alkanes) is 1. The van der Waals surface area contributed by atoms with Crippen LogP contribution >= 0.6 is 0 Å². The van der Waals surface area contributed by atoms with Gasteiger partial charge in [0.1, 0.15) is 0 Å². The van der Waals surface area contributed by atoms with Gasteiger partial charge in [0.2, 0.25) is 0 Å². The van der Waals surface area contributed by atoms with Crippen molar-refractivity contribution in [2.75, 3.05) is 46.3 Å². The number of rotatable bonds is 6. The summed E-state index contributed by atoms with van der Waals surface area (Å²) in [6, 6.07) is 0.473. The maximum Gasteiger partial charge on any atom is 0.193 e. The summed E-state index contributed by atoms with van der Waals surface area (Å²) in [5.74, 6) is 2.60. The van der Waals surface area contributed by atoms with E-state index in [0.717, 1.165) is 31.5 Å². The van der Waals surface area contributed by atoms with Crippen molar-refractivity contribution in [1.29, 1.82) is 0 Å². The summed E-state index contributed by atoms with van der Waals surface area (Å²) >= 11 is 0. The zero-order valence-corrected chi connectivity index (χ0v) is 17.5. The number of nitrogens with zero attached hydrogens (tertiary/aromatic N) is 5. The van der Waals surface area contributed by atoms with Gasteiger partial charge in [-0.3, -0.25) is 4.99 Å². The fourth-order valence-electron chi connectivity index (χ4n) is 4.58. The molecular formula is C21H38N6. The molecule has 6 nitrogen and oxygen atoms in total. The van der Waals surface area contributed by atoms with Crippen LogP contribution in [0.3, 0.4) is 0 Å². The molecule has 3 atom stereocenters. The Kier molecular flexibility index (Phi) is 7.56. The van der Waals surface area contributed by atoms with Gasteiger partial charge in [0, 0.05) is 45.6 Å². The average Bonchev–Trinajstić information content (AvgIpc) is 3.20. The number of likely N-dealkylation sites (tertiary alicyclic amines) is 2. The van der Waals surface area contributed by atoms with Crippen molar-refractivity contribution in [2.45, 2.75) is 52.0 Å². The lowest BCUT2D eigenvalue weighted by molar-refractivity contribution is 0.180. The normalized spacial score (nSPS) is 27.7. The molecule has 3 unspecified atom stereocenters. The smallest absolute Gasteiger partial charge is 0.193 e. The Hall–Kier alpha value is -1.56. The topological polar surface area (TPSA) is 48.7 Å². The molecule has 0 radical (unpaired) electrons. The van der Waals surface area contributed by atoms with Gasteiger partial charge in [-0.1, -0.05) is 13.8 Å². The van der Waals surface area contributed by atoms with Crippen LogP contribution in [-0.4, -0.2) is 71.6 Å². The van der Waals surface area contributed by atoms with Crippen molar-refractivity contribution in [1.82, 2.24) is 24.7 Å². The number of imidazole rings is 1. The summed E-state index contributed by atoms with van der Waals surface area (Å²) in [5, 5.41) is 3.60. The fourth-order valence-corrected chi connectivity index (χ4v) is 4.58. The van der Waals surface area contributed by atoms with E-state index in [-0.39, 0.29) is 0 Å². The Morgan fingerprint density at radius 1 is 1.19 bits per heavy atom. The maximum atomic E-state index is 4.55. The summed E-state index contributed by atoms with van der Waals surface area (Å²) in [6.45, 7) is 11.7. The zero-order chi connectivity index (χ0) is 19.1. The highest BCUT2D eigenvalue weighted by Gasteiger charge is 2.28. The Morgan fingerprint density at radius 2 is 2.07 bits per heavy atom. The molecule has 0 spiro atoms. The molecule has 1 aromatic rings. The van der Waals surface area contributed by atoms with Gasteiger partial charge in [0.05, 0.1) is 12.4 Å². The highest BCUT2D eigenvalue weighted by atomic mass is 15.3. The highest BCUT2D eigenvalue weighted by molar-refractivity contribution is 5.80. The molecule has 2 aliphatic rings. The molecule has 0 aliphatic carbocycles. The van der Waals surface area contributed by atoms with Crippen LogP contribution in [0.25, 0.3) is 0 Å². The molecule has 3 heterocycles. The lowest BCUT2D eigenvalue weighted by atomic mass is 9.93. The SMILES string of the molecule is CN=C(NCCCCN1CCCC(C)C1)N1CCC(C)C(n2ccnc2)C1. The minimum atomic E-state index is 0.473. The van der Waals surface area contributed by atoms with Crippen molar-refractivity contribution >= 4 is 5.96 Å². The van der Waals surface area contributed by atoms with E-state index in [2.05, 4.69) is 49.7 Å². The molecule has 0 aromatic carbocycles. The monoisotopic (exact) mass is 374 g/mol. The Bertz CT molecular complexity index is 569. The van der Waals surface area contributed by atoms with E-state index in [9.17, 15) is 0 Å². The van der Waals surface area contributed by atoms with E-state index in [1.165, 1.54) is 51.7 Å². The first-order valence-electron chi connectivity index (χ1n) is 10.8. The third kappa shape index (κ3) is 5.71. The van der Waals surface area contributed by atoms with Crippen LogP contribution in [0.5, 0.6) is 0 Å². The Balaban J connectivity index is 1.39. The predicted octanol–water partition coefficient (Wildman–Crippen LogP) is 2.85. The summed E-state index contributed by atoms with van der Waals surface area (Å²) in [7, 11) is 1.90. The molecule has 152 valence electrons. The molecule has 27 heavy (non-hydrogen) atoms. The predicted molar refractivity (Wildman–Crippen MR) is 112 cm³/mol. The standard InChI is InChI=1S/C21H38N6/c1-18-7-6-12-25(15-18)11-5-4-9-24-21(22-3)26-13-8-19(2)20(16-26)27-14-10-23-17-27/h10,14,17-20H,4-9,11-13,15-16H2,1-3H3,(H,22,24).